The molecule has 0 saturated heterocycles. The van der Waals surface area contributed by atoms with Crippen molar-refractivity contribution in [3.05, 3.63) is 101 Å². The number of hydrogen-bond donors (Lipinski definition) is 1. The number of carbonyl (C=O) groups is 1. The number of amides is 1. The summed E-state index contributed by atoms with van der Waals surface area (Å²) in [6.45, 7) is 0. The van der Waals surface area contributed by atoms with Gasteiger partial charge in [-0.1, -0.05) is 72.4 Å². The van der Waals surface area contributed by atoms with Gasteiger partial charge in [0, 0.05) is 15.9 Å². The van der Waals surface area contributed by atoms with Gasteiger partial charge in [0.2, 0.25) is 0 Å². The number of fused-ring (bicyclic) bond motifs is 2. The summed E-state index contributed by atoms with van der Waals surface area (Å²) in [7, 11) is 0. The molecule has 1 amide bonds. The average molecular weight is 445 g/mol. The molecule has 2 aliphatic heterocycles. The number of nitrogens with one attached hydrogen (secondary N) is 1. The Labute approximate surface area is 189 Å². The number of hydrazone groups is 1. The highest BCUT2D eigenvalue weighted by Gasteiger charge is 2.34. The molecular weight excluding hydrogens is 424 g/mol. The molecule has 0 spiro atoms. The number of rotatable bonds is 4. The summed E-state index contributed by atoms with van der Waals surface area (Å²) < 4.78 is 0. The van der Waals surface area contributed by atoms with Crippen LogP contribution in [0.2, 0.25) is 0 Å². The predicted octanol–water partition coefficient (Wildman–Crippen LogP) is 3.48. The van der Waals surface area contributed by atoms with Gasteiger partial charge >= 0.3 is 0 Å². The normalized spacial score (nSPS) is 17.3. The van der Waals surface area contributed by atoms with Crippen LogP contribution in [0, 0.1) is 0 Å². The first-order chi connectivity index (χ1) is 15.2. The van der Waals surface area contributed by atoms with E-state index in [9.17, 15) is 4.79 Å². The zero-order valence-corrected chi connectivity index (χ0v) is 18.5. The van der Waals surface area contributed by atoms with Gasteiger partial charge in [0.25, 0.3) is 5.91 Å². The van der Waals surface area contributed by atoms with E-state index in [1.807, 2.05) is 42.5 Å². The smallest absolute Gasteiger partial charge is 0.276 e. The fraction of sp³-hybridized carbons (Fsp3) is 0.125. The highest BCUT2D eigenvalue weighted by atomic mass is 32.2. The number of benzene rings is 3. The first-order valence-electron chi connectivity index (χ1n) is 9.90. The van der Waals surface area contributed by atoms with Gasteiger partial charge in [-0.25, -0.2) is 5.01 Å². The van der Waals surface area contributed by atoms with Crippen LogP contribution in [-0.2, 0) is 10.5 Å². The Hall–Kier alpha value is -3.03. The third kappa shape index (κ3) is 3.98. The van der Waals surface area contributed by atoms with Crippen molar-refractivity contribution in [1.29, 1.82) is 0 Å². The van der Waals surface area contributed by atoms with Gasteiger partial charge in [0.15, 0.2) is 11.3 Å². The van der Waals surface area contributed by atoms with Gasteiger partial charge in [-0.05, 0) is 35.6 Å². The molecule has 1 atom stereocenters. The van der Waals surface area contributed by atoms with Crippen LogP contribution in [0.5, 0.6) is 0 Å². The minimum atomic E-state index is -0.390. The van der Waals surface area contributed by atoms with E-state index in [0.717, 1.165) is 21.9 Å². The second kappa shape index (κ2) is 8.61. The molecule has 0 saturated carbocycles. The van der Waals surface area contributed by atoms with E-state index in [-0.39, 0.29) is 12.1 Å². The van der Waals surface area contributed by atoms with E-state index < -0.39 is 0 Å². The molecule has 0 aliphatic carbocycles. The SMILES string of the molecule is CSc1ccc(C2N=c3ccccc3=C3C(=O)NC(SCc4ccccc4)=NN32)cc1. The molecule has 3 aromatic rings. The summed E-state index contributed by atoms with van der Waals surface area (Å²) in [4.78, 5) is 19.3. The first kappa shape index (κ1) is 19.9. The van der Waals surface area contributed by atoms with E-state index in [1.54, 1.807) is 16.8 Å². The van der Waals surface area contributed by atoms with Crippen LogP contribution >= 0.6 is 23.5 Å². The van der Waals surface area contributed by atoms with Gasteiger partial charge in [-0.2, -0.15) is 0 Å². The standard InChI is InChI=1S/C24H20N4OS2/c1-30-18-13-11-17(12-14-18)22-25-20-10-6-5-9-19(20)21-23(29)26-24(27-28(21)22)31-15-16-7-3-2-4-8-16/h2-14,22H,15H2,1H3,(H,26,27,29). The Balaban J connectivity index is 1.56. The fourth-order valence-electron chi connectivity index (χ4n) is 3.61. The van der Waals surface area contributed by atoms with Crippen LogP contribution in [0.15, 0.2) is 93.9 Å². The maximum Gasteiger partial charge on any atom is 0.276 e. The lowest BCUT2D eigenvalue weighted by Crippen LogP contribution is -2.50. The Kier molecular flexibility index (Phi) is 5.53. The molecule has 3 aromatic carbocycles. The molecule has 154 valence electrons. The van der Waals surface area contributed by atoms with Crippen molar-refractivity contribution in [3.63, 3.8) is 0 Å². The number of hydrogen-bond acceptors (Lipinski definition) is 6. The highest BCUT2D eigenvalue weighted by Crippen LogP contribution is 2.32. The Morgan fingerprint density at radius 3 is 2.48 bits per heavy atom. The zero-order valence-electron chi connectivity index (χ0n) is 16.9. The van der Waals surface area contributed by atoms with E-state index in [1.165, 1.54) is 22.2 Å². The van der Waals surface area contributed by atoms with Crippen molar-refractivity contribution >= 4 is 40.3 Å². The lowest BCUT2D eigenvalue weighted by atomic mass is 10.1. The second-order valence-corrected chi connectivity index (χ2v) is 8.96. The quantitative estimate of drug-likeness (QED) is 0.626. The molecule has 1 N–H and O–H groups in total. The molecule has 5 rings (SSSR count). The zero-order chi connectivity index (χ0) is 21.2. The lowest BCUT2D eigenvalue weighted by molar-refractivity contribution is -0.116. The van der Waals surface area contributed by atoms with Crippen LogP contribution < -0.4 is 15.9 Å². The topological polar surface area (TPSA) is 57.1 Å². The minimum absolute atomic E-state index is 0.154. The third-order valence-electron chi connectivity index (χ3n) is 5.15. The van der Waals surface area contributed by atoms with Gasteiger partial charge in [0.1, 0.15) is 5.70 Å². The summed E-state index contributed by atoms with van der Waals surface area (Å²) in [5.74, 6) is 0.572. The summed E-state index contributed by atoms with van der Waals surface area (Å²) >= 11 is 3.21. The highest BCUT2D eigenvalue weighted by molar-refractivity contribution is 8.13. The average Bonchev–Trinajstić information content (AvgIpc) is 2.83. The molecule has 7 heteroatoms. The Bertz CT molecular complexity index is 1270. The molecule has 1 unspecified atom stereocenters. The van der Waals surface area contributed by atoms with Crippen LogP contribution in [0.1, 0.15) is 17.3 Å². The van der Waals surface area contributed by atoms with E-state index in [0.29, 0.717) is 10.9 Å². The van der Waals surface area contributed by atoms with Crippen molar-refractivity contribution < 1.29 is 4.79 Å². The Morgan fingerprint density at radius 1 is 0.968 bits per heavy atom. The van der Waals surface area contributed by atoms with Crippen molar-refractivity contribution in [2.75, 3.05) is 6.26 Å². The largest absolute Gasteiger partial charge is 0.298 e. The van der Waals surface area contributed by atoms with E-state index in [2.05, 4.69) is 48.0 Å². The van der Waals surface area contributed by atoms with Crippen molar-refractivity contribution in [2.24, 2.45) is 10.1 Å². The van der Waals surface area contributed by atoms with Gasteiger partial charge in [-0.15, -0.1) is 16.9 Å². The molecule has 0 fully saturated rings. The maximum atomic E-state index is 13.2. The second-order valence-electron chi connectivity index (χ2n) is 7.12. The number of para-hydroxylation sites is 1. The number of carbonyl (C=O) groups excluding carboxylic acids is 1. The molecule has 0 radical (unpaired) electrons. The van der Waals surface area contributed by atoms with Gasteiger partial charge in [0.05, 0.1) is 5.36 Å². The van der Waals surface area contributed by atoms with Crippen LogP contribution in [0.25, 0.3) is 5.70 Å². The molecule has 2 aliphatic rings. The molecular formula is C24H20N4OS2. The Morgan fingerprint density at radius 2 is 1.71 bits per heavy atom. The monoisotopic (exact) mass is 444 g/mol. The molecule has 0 aromatic heterocycles. The van der Waals surface area contributed by atoms with Crippen molar-refractivity contribution in [3.8, 4) is 0 Å². The maximum absolute atomic E-state index is 13.2. The number of thioether (sulfide) groups is 2. The number of nitrogens with zero attached hydrogens (tertiary/aromatic N) is 3. The van der Waals surface area contributed by atoms with Crippen molar-refractivity contribution in [1.82, 2.24) is 10.3 Å². The minimum Gasteiger partial charge on any atom is -0.298 e. The summed E-state index contributed by atoms with van der Waals surface area (Å²) in [5.41, 5.74) is 2.71. The lowest BCUT2D eigenvalue weighted by Gasteiger charge is -2.34. The summed E-state index contributed by atoms with van der Waals surface area (Å²) in [6.07, 6.45) is 1.66. The van der Waals surface area contributed by atoms with Crippen LogP contribution in [0.4, 0.5) is 0 Å². The molecule has 2 heterocycles. The summed E-state index contributed by atoms with van der Waals surface area (Å²) in [5, 5.41) is 11.7. The van der Waals surface area contributed by atoms with E-state index in [4.69, 9.17) is 10.1 Å². The first-order valence-corrected chi connectivity index (χ1v) is 12.1. The molecule has 5 nitrogen and oxygen atoms in total. The predicted molar refractivity (Wildman–Crippen MR) is 127 cm³/mol. The summed E-state index contributed by atoms with van der Waals surface area (Å²) in [6, 6.07) is 26.2. The number of amidine groups is 1. The van der Waals surface area contributed by atoms with Gasteiger partial charge < -0.3 is 0 Å². The van der Waals surface area contributed by atoms with Crippen LogP contribution in [-0.4, -0.2) is 22.3 Å². The molecule has 0 bridgehead atoms. The fourth-order valence-corrected chi connectivity index (χ4v) is 4.83. The van der Waals surface area contributed by atoms with Gasteiger partial charge in [-0.3, -0.25) is 15.1 Å². The third-order valence-corrected chi connectivity index (χ3v) is 6.83. The van der Waals surface area contributed by atoms with E-state index >= 15 is 0 Å². The van der Waals surface area contributed by atoms with Crippen LogP contribution in [0.3, 0.4) is 0 Å². The van der Waals surface area contributed by atoms with Crippen molar-refractivity contribution in [2.45, 2.75) is 16.8 Å². The molecule has 31 heavy (non-hydrogen) atoms.